The van der Waals surface area contributed by atoms with Gasteiger partial charge in [0.1, 0.15) is 5.69 Å². The van der Waals surface area contributed by atoms with Crippen LogP contribution in [0.1, 0.15) is 16.4 Å². The van der Waals surface area contributed by atoms with Gasteiger partial charge in [-0.1, -0.05) is 6.07 Å². The van der Waals surface area contributed by atoms with Gasteiger partial charge in [-0.25, -0.2) is 0 Å². The topological polar surface area (TPSA) is 80.9 Å². The van der Waals surface area contributed by atoms with Gasteiger partial charge in [0.15, 0.2) is 0 Å². The number of amides is 1. The number of pyridine rings is 1. The van der Waals surface area contributed by atoms with E-state index in [0.717, 1.165) is 5.56 Å². The summed E-state index contributed by atoms with van der Waals surface area (Å²) in [6.07, 6.45) is 1.58. The average molecular weight is 280 g/mol. The van der Waals surface area contributed by atoms with E-state index in [1.54, 1.807) is 55.6 Å². The van der Waals surface area contributed by atoms with Crippen LogP contribution >= 0.6 is 0 Å². The van der Waals surface area contributed by atoms with Crippen molar-refractivity contribution in [1.82, 2.24) is 15.2 Å². The van der Waals surface area contributed by atoms with Gasteiger partial charge in [0, 0.05) is 24.4 Å². The number of hydrogen-bond donors (Lipinski definition) is 1. The normalized spacial score (nSPS) is 10.3. The van der Waals surface area contributed by atoms with E-state index in [2.05, 4.69) is 20.5 Å². The molecule has 0 aliphatic rings. The predicted molar refractivity (Wildman–Crippen MR) is 76.7 cm³/mol. The molecule has 0 saturated heterocycles. The molecule has 3 aromatic rings. The van der Waals surface area contributed by atoms with Crippen molar-refractivity contribution in [3.63, 3.8) is 0 Å². The van der Waals surface area contributed by atoms with Gasteiger partial charge in [0.2, 0.25) is 11.8 Å². The van der Waals surface area contributed by atoms with Crippen molar-refractivity contribution in [2.75, 3.05) is 5.32 Å². The van der Waals surface area contributed by atoms with Crippen molar-refractivity contribution in [3.8, 4) is 11.5 Å². The molecule has 1 aromatic carbocycles. The highest BCUT2D eigenvalue weighted by Gasteiger charge is 2.08. The van der Waals surface area contributed by atoms with E-state index in [1.807, 2.05) is 0 Å². The molecular formula is C15H12N4O2. The first-order valence-electron chi connectivity index (χ1n) is 6.35. The lowest BCUT2D eigenvalue weighted by molar-refractivity contribution is 0.102. The number of anilines is 1. The number of nitrogens with zero attached hydrogens (tertiary/aromatic N) is 3. The fourth-order valence-electron chi connectivity index (χ4n) is 1.80. The maximum atomic E-state index is 12.0. The molecule has 0 aliphatic carbocycles. The van der Waals surface area contributed by atoms with E-state index in [0.29, 0.717) is 23.2 Å². The molecule has 0 atom stereocenters. The standard InChI is InChI=1S/C15H12N4O2/c1-10-18-19-15(21-10)11-5-7-12(8-6-11)17-14(20)13-4-2-3-9-16-13/h2-9H,1H3,(H,17,20). The van der Waals surface area contributed by atoms with Crippen LogP contribution in [0.15, 0.2) is 53.1 Å². The minimum Gasteiger partial charge on any atom is -0.421 e. The summed E-state index contributed by atoms with van der Waals surface area (Å²) in [6.45, 7) is 1.73. The summed E-state index contributed by atoms with van der Waals surface area (Å²) in [4.78, 5) is 16.0. The lowest BCUT2D eigenvalue weighted by Crippen LogP contribution is -2.13. The van der Waals surface area contributed by atoms with Crippen LogP contribution < -0.4 is 5.32 Å². The van der Waals surface area contributed by atoms with E-state index in [-0.39, 0.29) is 5.91 Å². The molecule has 6 heteroatoms. The fourth-order valence-corrected chi connectivity index (χ4v) is 1.80. The molecule has 104 valence electrons. The van der Waals surface area contributed by atoms with Gasteiger partial charge in [-0.3, -0.25) is 9.78 Å². The summed E-state index contributed by atoms with van der Waals surface area (Å²) in [7, 11) is 0. The first-order valence-corrected chi connectivity index (χ1v) is 6.35. The molecule has 0 spiro atoms. The number of nitrogens with one attached hydrogen (secondary N) is 1. The average Bonchev–Trinajstić information content (AvgIpc) is 2.95. The minimum atomic E-state index is -0.253. The van der Waals surface area contributed by atoms with Gasteiger partial charge in [-0.15, -0.1) is 10.2 Å². The number of hydrogen-bond acceptors (Lipinski definition) is 5. The highest BCUT2D eigenvalue weighted by molar-refractivity contribution is 6.02. The number of aryl methyl sites for hydroxylation is 1. The Balaban J connectivity index is 1.74. The van der Waals surface area contributed by atoms with Crippen molar-refractivity contribution in [1.29, 1.82) is 0 Å². The van der Waals surface area contributed by atoms with Crippen LogP contribution in [0.4, 0.5) is 5.69 Å². The zero-order chi connectivity index (χ0) is 14.7. The molecular weight excluding hydrogens is 268 g/mol. The minimum absolute atomic E-state index is 0.253. The predicted octanol–water partition coefficient (Wildman–Crippen LogP) is 2.69. The summed E-state index contributed by atoms with van der Waals surface area (Å²) < 4.78 is 5.34. The van der Waals surface area contributed by atoms with E-state index in [4.69, 9.17) is 4.42 Å². The summed E-state index contributed by atoms with van der Waals surface area (Å²) in [6, 6.07) is 12.3. The Kier molecular flexibility index (Phi) is 3.42. The molecule has 0 saturated carbocycles. The van der Waals surface area contributed by atoms with Gasteiger partial charge in [-0.05, 0) is 36.4 Å². The zero-order valence-corrected chi connectivity index (χ0v) is 11.3. The number of aromatic nitrogens is 3. The van der Waals surface area contributed by atoms with Gasteiger partial charge >= 0.3 is 0 Å². The van der Waals surface area contributed by atoms with Crippen molar-refractivity contribution >= 4 is 11.6 Å². The van der Waals surface area contributed by atoms with E-state index >= 15 is 0 Å². The Morgan fingerprint density at radius 3 is 2.52 bits per heavy atom. The summed E-state index contributed by atoms with van der Waals surface area (Å²) in [5.41, 5.74) is 1.84. The van der Waals surface area contributed by atoms with Crippen LogP contribution in [0.2, 0.25) is 0 Å². The van der Waals surface area contributed by atoms with E-state index in [9.17, 15) is 4.79 Å². The summed E-state index contributed by atoms with van der Waals surface area (Å²) >= 11 is 0. The fraction of sp³-hybridized carbons (Fsp3) is 0.0667. The van der Waals surface area contributed by atoms with Crippen LogP contribution in [0.25, 0.3) is 11.5 Å². The Morgan fingerprint density at radius 2 is 1.90 bits per heavy atom. The van der Waals surface area contributed by atoms with Crippen molar-refractivity contribution in [2.24, 2.45) is 0 Å². The Morgan fingerprint density at radius 1 is 1.10 bits per heavy atom. The molecule has 0 unspecified atom stereocenters. The lowest BCUT2D eigenvalue weighted by Gasteiger charge is -2.04. The van der Waals surface area contributed by atoms with Gasteiger partial charge in [0.25, 0.3) is 5.91 Å². The smallest absolute Gasteiger partial charge is 0.274 e. The first kappa shape index (κ1) is 13.0. The maximum Gasteiger partial charge on any atom is 0.274 e. The number of rotatable bonds is 3. The molecule has 1 N–H and O–H groups in total. The maximum absolute atomic E-state index is 12.0. The third kappa shape index (κ3) is 2.94. The third-order valence-corrected chi connectivity index (χ3v) is 2.81. The molecule has 3 rings (SSSR count). The summed E-state index contributed by atoms with van der Waals surface area (Å²) in [5, 5.41) is 10.5. The van der Waals surface area contributed by atoms with Gasteiger partial charge in [-0.2, -0.15) is 0 Å². The van der Waals surface area contributed by atoms with Gasteiger partial charge < -0.3 is 9.73 Å². The van der Waals surface area contributed by atoms with Crippen LogP contribution in [-0.2, 0) is 0 Å². The van der Waals surface area contributed by atoms with Crippen LogP contribution in [0.5, 0.6) is 0 Å². The van der Waals surface area contributed by atoms with Crippen molar-refractivity contribution < 1.29 is 9.21 Å². The number of benzene rings is 1. The molecule has 0 aliphatic heterocycles. The number of carbonyl (C=O) groups is 1. The van der Waals surface area contributed by atoms with E-state index in [1.165, 1.54) is 0 Å². The zero-order valence-electron chi connectivity index (χ0n) is 11.3. The lowest BCUT2D eigenvalue weighted by atomic mass is 10.2. The molecule has 2 aromatic heterocycles. The third-order valence-electron chi connectivity index (χ3n) is 2.81. The second-order valence-electron chi connectivity index (χ2n) is 4.37. The Bertz CT molecular complexity index is 751. The van der Waals surface area contributed by atoms with Crippen LogP contribution in [-0.4, -0.2) is 21.1 Å². The Labute approximate surface area is 120 Å². The second-order valence-corrected chi connectivity index (χ2v) is 4.37. The van der Waals surface area contributed by atoms with Crippen molar-refractivity contribution in [3.05, 3.63) is 60.2 Å². The number of carbonyl (C=O) groups excluding carboxylic acids is 1. The molecule has 1 amide bonds. The monoisotopic (exact) mass is 280 g/mol. The SMILES string of the molecule is Cc1nnc(-c2ccc(NC(=O)c3ccccn3)cc2)o1. The highest BCUT2D eigenvalue weighted by atomic mass is 16.4. The molecule has 2 heterocycles. The van der Waals surface area contributed by atoms with Gasteiger partial charge in [0.05, 0.1) is 0 Å². The van der Waals surface area contributed by atoms with E-state index < -0.39 is 0 Å². The Hall–Kier alpha value is -3.02. The largest absolute Gasteiger partial charge is 0.421 e. The molecule has 21 heavy (non-hydrogen) atoms. The summed E-state index contributed by atoms with van der Waals surface area (Å²) in [5.74, 6) is 0.713. The van der Waals surface area contributed by atoms with Crippen LogP contribution in [0.3, 0.4) is 0 Å². The molecule has 0 radical (unpaired) electrons. The van der Waals surface area contributed by atoms with Crippen LogP contribution in [0, 0.1) is 6.92 Å². The molecule has 6 nitrogen and oxygen atoms in total. The van der Waals surface area contributed by atoms with Crippen molar-refractivity contribution in [2.45, 2.75) is 6.92 Å². The second kappa shape index (κ2) is 5.54. The molecule has 0 fully saturated rings. The quantitative estimate of drug-likeness (QED) is 0.797. The first-order chi connectivity index (χ1) is 10.2. The molecule has 0 bridgehead atoms. The highest BCUT2D eigenvalue weighted by Crippen LogP contribution is 2.20.